The van der Waals surface area contributed by atoms with Crippen molar-refractivity contribution in [2.75, 3.05) is 0 Å². The largest absolute Gasteiger partial charge is 0.573 e. The second-order valence-corrected chi connectivity index (χ2v) is 4.80. The molecule has 0 saturated carbocycles. The van der Waals surface area contributed by atoms with E-state index >= 15 is 0 Å². The van der Waals surface area contributed by atoms with E-state index in [4.69, 9.17) is 5.73 Å². The Bertz CT molecular complexity index is 645. The summed E-state index contributed by atoms with van der Waals surface area (Å²) in [5.74, 6) is -0.192. The summed E-state index contributed by atoms with van der Waals surface area (Å²) in [6.45, 7) is 1.91. The van der Waals surface area contributed by atoms with Crippen molar-refractivity contribution in [3.63, 3.8) is 0 Å². The van der Waals surface area contributed by atoms with Crippen molar-refractivity contribution in [1.29, 1.82) is 0 Å². The molecule has 0 aliphatic rings. The zero-order valence-electron chi connectivity index (χ0n) is 12.3. The number of alkyl halides is 3. The molecule has 2 aromatic carbocycles. The number of nitrogens with two attached hydrogens (primary N) is 1. The van der Waals surface area contributed by atoms with Crippen LogP contribution in [0, 0.1) is 0 Å². The third-order valence-electron chi connectivity index (χ3n) is 3.34. The van der Waals surface area contributed by atoms with Crippen molar-refractivity contribution in [3.8, 4) is 11.5 Å². The van der Waals surface area contributed by atoms with E-state index in [-0.39, 0.29) is 23.9 Å². The SMILES string of the molecule is CCc1cccc([C@H](N)c2ccc(OC(F)(F)F)cc2)c1O.Cl. The van der Waals surface area contributed by atoms with Gasteiger partial charge in [-0.15, -0.1) is 25.6 Å². The van der Waals surface area contributed by atoms with E-state index in [1.807, 2.05) is 6.92 Å². The first kappa shape index (κ1) is 19.1. The molecule has 3 N–H and O–H groups in total. The number of hydrogen-bond acceptors (Lipinski definition) is 3. The van der Waals surface area contributed by atoms with Gasteiger partial charge < -0.3 is 15.6 Å². The Hall–Kier alpha value is -1.92. The predicted molar refractivity (Wildman–Crippen MR) is 83.9 cm³/mol. The number of para-hydroxylation sites is 1. The Labute approximate surface area is 138 Å². The normalized spacial score (nSPS) is 12.4. The molecule has 7 heteroatoms. The third kappa shape index (κ3) is 4.77. The van der Waals surface area contributed by atoms with Gasteiger partial charge in [0, 0.05) is 5.56 Å². The highest BCUT2D eigenvalue weighted by Gasteiger charge is 2.31. The van der Waals surface area contributed by atoms with Crippen molar-refractivity contribution in [1.82, 2.24) is 0 Å². The lowest BCUT2D eigenvalue weighted by atomic mass is 9.96. The van der Waals surface area contributed by atoms with Gasteiger partial charge in [0.25, 0.3) is 0 Å². The van der Waals surface area contributed by atoms with Crippen LogP contribution in [0.4, 0.5) is 13.2 Å². The number of hydrogen-bond donors (Lipinski definition) is 2. The first-order valence-electron chi connectivity index (χ1n) is 6.74. The molecule has 0 aliphatic heterocycles. The van der Waals surface area contributed by atoms with Crippen molar-refractivity contribution in [3.05, 3.63) is 59.2 Å². The summed E-state index contributed by atoms with van der Waals surface area (Å²) in [5.41, 5.74) is 7.98. The third-order valence-corrected chi connectivity index (χ3v) is 3.34. The molecule has 1 atom stereocenters. The van der Waals surface area contributed by atoms with Gasteiger partial charge in [0.1, 0.15) is 11.5 Å². The summed E-state index contributed by atoms with van der Waals surface area (Å²) in [7, 11) is 0. The van der Waals surface area contributed by atoms with Crippen LogP contribution in [0.2, 0.25) is 0 Å². The predicted octanol–water partition coefficient (Wildman–Crippen LogP) is 4.32. The second-order valence-electron chi connectivity index (χ2n) is 4.80. The fraction of sp³-hybridized carbons (Fsp3) is 0.250. The van der Waals surface area contributed by atoms with E-state index in [0.717, 1.165) is 5.56 Å². The summed E-state index contributed by atoms with van der Waals surface area (Å²) < 4.78 is 40.2. The number of ether oxygens (including phenoxy) is 1. The molecular formula is C16H17ClF3NO2. The van der Waals surface area contributed by atoms with Gasteiger partial charge in [0.2, 0.25) is 0 Å². The monoisotopic (exact) mass is 347 g/mol. The van der Waals surface area contributed by atoms with Crippen molar-refractivity contribution < 1.29 is 23.0 Å². The quantitative estimate of drug-likeness (QED) is 0.865. The minimum atomic E-state index is -4.72. The Morgan fingerprint density at radius 1 is 1.13 bits per heavy atom. The minimum absolute atomic E-state index is 0. The molecule has 0 unspecified atom stereocenters. The Kier molecular flexibility index (Phi) is 6.29. The molecule has 126 valence electrons. The van der Waals surface area contributed by atoms with E-state index in [1.54, 1.807) is 18.2 Å². The van der Waals surface area contributed by atoms with Gasteiger partial charge in [-0.3, -0.25) is 0 Å². The van der Waals surface area contributed by atoms with Crippen LogP contribution in [-0.2, 0) is 6.42 Å². The zero-order chi connectivity index (χ0) is 16.3. The van der Waals surface area contributed by atoms with Gasteiger partial charge in [-0.2, -0.15) is 0 Å². The molecule has 0 saturated heterocycles. The molecule has 0 radical (unpaired) electrons. The van der Waals surface area contributed by atoms with E-state index in [1.165, 1.54) is 24.3 Å². The number of aromatic hydroxyl groups is 1. The van der Waals surface area contributed by atoms with Gasteiger partial charge >= 0.3 is 6.36 Å². The smallest absolute Gasteiger partial charge is 0.507 e. The van der Waals surface area contributed by atoms with Gasteiger partial charge in [-0.05, 0) is 29.7 Å². The van der Waals surface area contributed by atoms with Crippen LogP contribution >= 0.6 is 12.4 Å². The lowest BCUT2D eigenvalue weighted by molar-refractivity contribution is -0.274. The molecule has 0 amide bonds. The maximum Gasteiger partial charge on any atom is 0.573 e. The van der Waals surface area contributed by atoms with Gasteiger partial charge in [0.15, 0.2) is 0 Å². The minimum Gasteiger partial charge on any atom is -0.507 e. The highest BCUT2D eigenvalue weighted by atomic mass is 35.5. The molecule has 23 heavy (non-hydrogen) atoms. The lowest BCUT2D eigenvalue weighted by Crippen LogP contribution is -2.17. The molecule has 2 aromatic rings. The highest BCUT2D eigenvalue weighted by molar-refractivity contribution is 5.85. The average molecular weight is 348 g/mol. The Balaban J connectivity index is 0.00000264. The average Bonchev–Trinajstić information content (AvgIpc) is 2.46. The van der Waals surface area contributed by atoms with Gasteiger partial charge in [-0.1, -0.05) is 37.3 Å². The van der Waals surface area contributed by atoms with Crippen LogP contribution in [0.1, 0.15) is 29.7 Å². The van der Waals surface area contributed by atoms with Crippen LogP contribution in [0.5, 0.6) is 11.5 Å². The number of halogens is 4. The fourth-order valence-corrected chi connectivity index (χ4v) is 2.20. The Morgan fingerprint density at radius 2 is 1.74 bits per heavy atom. The highest BCUT2D eigenvalue weighted by Crippen LogP contribution is 2.32. The Morgan fingerprint density at radius 3 is 2.26 bits per heavy atom. The topological polar surface area (TPSA) is 55.5 Å². The summed E-state index contributed by atoms with van der Waals surface area (Å²) in [6.07, 6.45) is -4.07. The maximum atomic E-state index is 12.1. The molecule has 0 aliphatic carbocycles. The van der Waals surface area contributed by atoms with E-state index in [9.17, 15) is 18.3 Å². The van der Waals surface area contributed by atoms with E-state index in [0.29, 0.717) is 17.5 Å². The molecule has 0 bridgehead atoms. The summed E-state index contributed by atoms with van der Waals surface area (Å²) in [4.78, 5) is 0. The van der Waals surface area contributed by atoms with Crippen LogP contribution < -0.4 is 10.5 Å². The van der Waals surface area contributed by atoms with Crippen LogP contribution in [0.3, 0.4) is 0 Å². The molecule has 2 rings (SSSR count). The maximum absolute atomic E-state index is 12.1. The molecular weight excluding hydrogens is 331 g/mol. The first-order valence-corrected chi connectivity index (χ1v) is 6.74. The number of benzene rings is 2. The number of phenolic OH excluding ortho intramolecular Hbond substituents is 1. The van der Waals surface area contributed by atoms with E-state index in [2.05, 4.69) is 4.74 Å². The second kappa shape index (κ2) is 7.57. The number of phenols is 1. The summed E-state index contributed by atoms with van der Waals surface area (Å²) in [6, 6.07) is 9.94. The number of rotatable bonds is 4. The summed E-state index contributed by atoms with van der Waals surface area (Å²) in [5, 5.41) is 10.2. The van der Waals surface area contributed by atoms with Gasteiger partial charge in [-0.25, -0.2) is 0 Å². The van der Waals surface area contributed by atoms with Crippen molar-refractivity contribution in [2.24, 2.45) is 5.73 Å². The molecule has 0 heterocycles. The van der Waals surface area contributed by atoms with E-state index < -0.39 is 12.4 Å². The molecule has 0 aromatic heterocycles. The van der Waals surface area contributed by atoms with Crippen LogP contribution in [-0.4, -0.2) is 11.5 Å². The standard InChI is InChI=1S/C16H16F3NO2.ClH/c1-2-10-4-3-5-13(15(10)21)14(20)11-6-8-12(9-7-11)22-16(17,18)19;/h3-9,14,21H,2,20H2,1H3;1H/t14-;/m1./s1. The van der Waals surface area contributed by atoms with Crippen LogP contribution in [0.15, 0.2) is 42.5 Å². The van der Waals surface area contributed by atoms with Crippen molar-refractivity contribution >= 4 is 12.4 Å². The fourth-order valence-electron chi connectivity index (χ4n) is 2.20. The zero-order valence-corrected chi connectivity index (χ0v) is 13.1. The molecule has 0 fully saturated rings. The number of aryl methyl sites for hydroxylation is 1. The van der Waals surface area contributed by atoms with Gasteiger partial charge in [0.05, 0.1) is 6.04 Å². The molecule has 3 nitrogen and oxygen atoms in total. The molecule has 0 spiro atoms. The first-order chi connectivity index (χ1) is 10.3. The summed E-state index contributed by atoms with van der Waals surface area (Å²) >= 11 is 0. The van der Waals surface area contributed by atoms with Crippen molar-refractivity contribution in [2.45, 2.75) is 25.7 Å². The van der Waals surface area contributed by atoms with Crippen LogP contribution in [0.25, 0.3) is 0 Å². The lowest BCUT2D eigenvalue weighted by Gasteiger charge is -2.16.